The summed E-state index contributed by atoms with van der Waals surface area (Å²) in [6, 6.07) is 1.22. The van der Waals surface area contributed by atoms with Gasteiger partial charge < -0.3 is 25.2 Å². The molecule has 4 N–H and O–H groups in total. The molecule has 0 saturated heterocycles. The Morgan fingerprint density at radius 1 is 1.45 bits per heavy atom. The third-order valence-electron chi connectivity index (χ3n) is 3.20. The van der Waals surface area contributed by atoms with Gasteiger partial charge in [0.05, 0.1) is 5.60 Å². The summed E-state index contributed by atoms with van der Waals surface area (Å²) in [5.74, 6) is -1.51. The number of phenolic OH excluding ortho intramolecular Hbond substituents is 2. The highest BCUT2D eigenvalue weighted by molar-refractivity contribution is 5.86. The second-order valence-corrected chi connectivity index (χ2v) is 5.28. The van der Waals surface area contributed by atoms with Crippen LogP contribution in [0, 0.1) is 0 Å². The Hall–Kier alpha value is -2.21. The van der Waals surface area contributed by atoms with E-state index >= 15 is 0 Å². The van der Waals surface area contributed by atoms with Gasteiger partial charge in [0.25, 0.3) is 0 Å². The van der Waals surface area contributed by atoms with Gasteiger partial charge >= 0.3 is 5.97 Å². The summed E-state index contributed by atoms with van der Waals surface area (Å²) in [5, 5.41) is 38.1. The number of aliphatic hydroxyl groups is 1. The molecule has 108 valence electrons. The van der Waals surface area contributed by atoms with Crippen molar-refractivity contribution in [2.45, 2.75) is 32.0 Å². The number of carboxylic acids is 1. The van der Waals surface area contributed by atoms with Crippen LogP contribution in [0.3, 0.4) is 0 Å². The first-order valence-electron chi connectivity index (χ1n) is 6.08. The van der Waals surface area contributed by atoms with Crippen molar-refractivity contribution < 1.29 is 30.0 Å². The van der Waals surface area contributed by atoms with Crippen molar-refractivity contribution >= 4 is 12.0 Å². The van der Waals surface area contributed by atoms with Crippen LogP contribution in [-0.2, 0) is 11.2 Å². The molecule has 6 heteroatoms. The molecule has 20 heavy (non-hydrogen) atoms. The normalized spacial score (nSPS) is 18.1. The molecule has 1 atom stereocenters. The molecule has 1 aliphatic heterocycles. The minimum Gasteiger partial charge on any atom is -0.504 e. The van der Waals surface area contributed by atoms with E-state index in [1.54, 1.807) is 13.8 Å². The molecule has 0 saturated carbocycles. The topological polar surface area (TPSA) is 107 Å². The van der Waals surface area contributed by atoms with Gasteiger partial charge in [0.15, 0.2) is 11.5 Å². The molecule has 0 bridgehead atoms. The SMILES string of the molecule is CC(C)(O)[C@H]1Cc2c(O)c(O)cc(C=CC(=O)O)c2O1. The second-order valence-electron chi connectivity index (χ2n) is 5.28. The van der Waals surface area contributed by atoms with Gasteiger partial charge in [-0.15, -0.1) is 0 Å². The highest BCUT2D eigenvalue weighted by Gasteiger charge is 2.38. The van der Waals surface area contributed by atoms with Crippen LogP contribution in [0.4, 0.5) is 0 Å². The van der Waals surface area contributed by atoms with E-state index in [0.717, 1.165) is 6.08 Å². The van der Waals surface area contributed by atoms with E-state index in [9.17, 15) is 20.1 Å². The molecule has 1 aliphatic rings. The molecule has 0 aromatic heterocycles. The Labute approximate surface area is 115 Å². The predicted molar refractivity (Wildman–Crippen MR) is 70.9 cm³/mol. The van der Waals surface area contributed by atoms with Crippen molar-refractivity contribution in [2.75, 3.05) is 0 Å². The van der Waals surface area contributed by atoms with E-state index in [4.69, 9.17) is 9.84 Å². The van der Waals surface area contributed by atoms with Crippen LogP contribution in [-0.4, -0.2) is 38.1 Å². The van der Waals surface area contributed by atoms with Gasteiger partial charge in [0.2, 0.25) is 0 Å². The molecule has 1 aromatic rings. The van der Waals surface area contributed by atoms with E-state index in [2.05, 4.69) is 0 Å². The lowest BCUT2D eigenvalue weighted by Crippen LogP contribution is -2.39. The monoisotopic (exact) mass is 280 g/mol. The Balaban J connectivity index is 2.48. The molecule has 0 amide bonds. The average Bonchev–Trinajstić information content (AvgIpc) is 2.77. The average molecular weight is 280 g/mol. The number of phenols is 2. The van der Waals surface area contributed by atoms with Gasteiger partial charge in [-0.3, -0.25) is 0 Å². The Morgan fingerprint density at radius 2 is 2.10 bits per heavy atom. The molecule has 6 nitrogen and oxygen atoms in total. The number of carboxylic acid groups (broad SMARTS) is 1. The molecule has 0 aliphatic carbocycles. The molecule has 2 rings (SSSR count). The summed E-state index contributed by atoms with van der Waals surface area (Å²) in [6.45, 7) is 3.15. The fourth-order valence-electron chi connectivity index (χ4n) is 2.09. The first-order valence-corrected chi connectivity index (χ1v) is 6.08. The summed E-state index contributed by atoms with van der Waals surface area (Å²) in [4.78, 5) is 10.6. The van der Waals surface area contributed by atoms with Crippen LogP contribution >= 0.6 is 0 Å². The maximum Gasteiger partial charge on any atom is 0.328 e. The Bertz CT molecular complexity index is 582. The number of ether oxygens (including phenoxy) is 1. The molecular weight excluding hydrogens is 264 g/mol. The van der Waals surface area contributed by atoms with Crippen LogP contribution in [0.5, 0.6) is 17.2 Å². The maximum atomic E-state index is 10.6. The number of aliphatic carboxylic acids is 1. The highest BCUT2D eigenvalue weighted by atomic mass is 16.5. The number of benzene rings is 1. The van der Waals surface area contributed by atoms with Gasteiger partial charge in [-0.25, -0.2) is 4.79 Å². The first kappa shape index (κ1) is 14.2. The van der Waals surface area contributed by atoms with Gasteiger partial charge in [0, 0.05) is 23.6 Å². The highest BCUT2D eigenvalue weighted by Crippen LogP contribution is 2.45. The van der Waals surface area contributed by atoms with E-state index < -0.39 is 17.7 Å². The maximum absolute atomic E-state index is 10.6. The van der Waals surface area contributed by atoms with Crippen LogP contribution in [0.1, 0.15) is 25.0 Å². The third-order valence-corrected chi connectivity index (χ3v) is 3.20. The van der Waals surface area contributed by atoms with Crippen LogP contribution in [0.2, 0.25) is 0 Å². The van der Waals surface area contributed by atoms with Crippen LogP contribution in [0.15, 0.2) is 12.1 Å². The van der Waals surface area contributed by atoms with E-state index in [0.29, 0.717) is 11.1 Å². The number of fused-ring (bicyclic) bond motifs is 1. The lowest BCUT2D eigenvalue weighted by molar-refractivity contribution is -0.131. The Morgan fingerprint density at radius 3 is 2.65 bits per heavy atom. The zero-order chi connectivity index (χ0) is 15.1. The van der Waals surface area contributed by atoms with Crippen LogP contribution in [0.25, 0.3) is 6.08 Å². The molecular formula is C14H16O6. The number of rotatable bonds is 3. The van der Waals surface area contributed by atoms with Crippen molar-refractivity contribution in [3.05, 3.63) is 23.3 Å². The molecule has 1 heterocycles. The largest absolute Gasteiger partial charge is 0.504 e. The summed E-state index contributed by atoms with van der Waals surface area (Å²) in [7, 11) is 0. The summed E-state index contributed by atoms with van der Waals surface area (Å²) in [5.41, 5.74) is -0.430. The number of aromatic hydroxyl groups is 2. The number of hydrogen-bond donors (Lipinski definition) is 4. The third kappa shape index (κ3) is 2.55. The number of carbonyl (C=O) groups is 1. The van der Waals surface area contributed by atoms with Crippen LogP contribution < -0.4 is 4.74 Å². The van der Waals surface area contributed by atoms with E-state index in [1.807, 2.05) is 0 Å². The Kier molecular flexibility index (Phi) is 3.35. The smallest absolute Gasteiger partial charge is 0.328 e. The van der Waals surface area contributed by atoms with Crippen molar-refractivity contribution in [3.8, 4) is 17.2 Å². The summed E-state index contributed by atoms with van der Waals surface area (Å²) in [6.07, 6.45) is 1.83. The quantitative estimate of drug-likeness (QED) is 0.490. The standard InChI is InChI=1S/C14H16O6/c1-14(2,19)10-6-8-12(18)9(15)5-7(13(8)20-10)3-4-11(16)17/h3-5,10,15,18-19H,6H2,1-2H3,(H,16,17)/t10-/m1/s1. The van der Waals surface area contributed by atoms with Gasteiger partial charge in [-0.2, -0.15) is 0 Å². The van der Waals surface area contributed by atoms with Crippen molar-refractivity contribution in [3.63, 3.8) is 0 Å². The second kappa shape index (κ2) is 4.72. The number of hydrogen-bond acceptors (Lipinski definition) is 5. The minimum atomic E-state index is -1.14. The fourth-order valence-corrected chi connectivity index (χ4v) is 2.09. The molecule has 0 spiro atoms. The van der Waals surface area contributed by atoms with Crippen molar-refractivity contribution in [1.29, 1.82) is 0 Å². The van der Waals surface area contributed by atoms with E-state index in [1.165, 1.54) is 12.1 Å². The first-order chi connectivity index (χ1) is 9.20. The fraction of sp³-hybridized carbons (Fsp3) is 0.357. The van der Waals surface area contributed by atoms with Gasteiger partial charge in [-0.1, -0.05) is 0 Å². The molecule has 1 aromatic carbocycles. The summed E-state index contributed by atoms with van der Waals surface area (Å²) < 4.78 is 5.61. The lowest BCUT2D eigenvalue weighted by atomic mass is 9.96. The van der Waals surface area contributed by atoms with Crippen molar-refractivity contribution in [2.24, 2.45) is 0 Å². The predicted octanol–water partition coefficient (Wildman–Crippen LogP) is 1.27. The zero-order valence-corrected chi connectivity index (χ0v) is 11.1. The zero-order valence-electron chi connectivity index (χ0n) is 11.1. The van der Waals surface area contributed by atoms with E-state index in [-0.39, 0.29) is 23.7 Å². The minimum absolute atomic E-state index is 0.229. The molecule has 0 fully saturated rings. The molecule has 0 unspecified atom stereocenters. The lowest BCUT2D eigenvalue weighted by Gasteiger charge is -2.24. The van der Waals surface area contributed by atoms with Crippen molar-refractivity contribution in [1.82, 2.24) is 0 Å². The molecule has 0 radical (unpaired) electrons. The van der Waals surface area contributed by atoms with Gasteiger partial charge in [-0.05, 0) is 26.0 Å². The summed E-state index contributed by atoms with van der Waals surface area (Å²) >= 11 is 0. The van der Waals surface area contributed by atoms with Gasteiger partial charge in [0.1, 0.15) is 11.9 Å².